The van der Waals surface area contributed by atoms with Crippen LogP contribution in [-0.2, 0) is 32.9 Å². The van der Waals surface area contributed by atoms with Gasteiger partial charge in [-0.3, -0.25) is 4.79 Å². The van der Waals surface area contributed by atoms with Gasteiger partial charge in [0.05, 0.1) is 6.61 Å². The lowest BCUT2D eigenvalue weighted by atomic mass is 9.98. The first-order chi connectivity index (χ1) is 16.8. The van der Waals surface area contributed by atoms with Gasteiger partial charge < -0.3 is 28.1 Å². The molecule has 0 aromatic carbocycles. The van der Waals surface area contributed by atoms with Crippen molar-refractivity contribution >= 4 is 14.1 Å². The highest BCUT2D eigenvalue weighted by atomic mass is 28.4. The summed E-state index contributed by atoms with van der Waals surface area (Å²) >= 11 is 0. The number of hydrogen-bond donors (Lipinski definition) is 0. The fourth-order valence-corrected chi connectivity index (χ4v) is 6.52. The van der Waals surface area contributed by atoms with Crippen molar-refractivity contribution in [2.24, 2.45) is 0 Å². The van der Waals surface area contributed by atoms with Crippen LogP contribution in [0.25, 0.3) is 0 Å². The van der Waals surface area contributed by atoms with Crippen LogP contribution in [0.4, 0.5) is 0 Å². The summed E-state index contributed by atoms with van der Waals surface area (Å²) in [5, 5.41) is -0.0157. The van der Waals surface area contributed by atoms with E-state index in [2.05, 4.69) is 68.1 Å². The Morgan fingerprint density at radius 2 is 1.61 bits per heavy atom. The van der Waals surface area contributed by atoms with Gasteiger partial charge in [-0.1, -0.05) is 54.5 Å². The van der Waals surface area contributed by atoms with Crippen LogP contribution in [0.15, 0.2) is 12.7 Å². The maximum atomic E-state index is 13.3. The molecule has 0 aromatic rings. The van der Waals surface area contributed by atoms with Gasteiger partial charge in [-0.05, 0) is 50.2 Å². The average molecular weight is 527 g/mol. The van der Waals surface area contributed by atoms with Gasteiger partial charge in [0, 0.05) is 6.42 Å². The molecule has 208 valence electrons. The largest absolute Gasteiger partial charge is 0.408 e. The van der Waals surface area contributed by atoms with E-state index in [1.54, 1.807) is 6.08 Å². The van der Waals surface area contributed by atoms with Crippen molar-refractivity contribution < 1.29 is 32.9 Å². The van der Waals surface area contributed by atoms with Crippen molar-refractivity contribution in [3.05, 3.63) is 12.7 Å². The van der Waals surface area contributed by atoms with Crippen LogP contribution in [0.1, 0.15) is 87.0 Å². The first-order valence-electron chi connectivity index (χ1n) is 14.0. The molecule has 0 unspecified atom stereocenters. The zero-order valence-electron chi connectivity index (χ0n) is 24.1. The fraction of sp³-hybridized carbons (Fsp3) is 0.893. The standard InChI is InChI=1S/C28H50O7Si/c1-11-16-17-19(29)21-24-25(34-28(14-4,15-5)33-24)23(31-21)22(35-36(9,10)26(6,7)8)20-18-30-27(12-2,13-3)32-20/h11,20-25H,1,12-18H2,2-10H3/t20-,21-,22+,23+,24+,25-/m1/s1. The molecule has 0 radical (unpaired) electrons. The molecule has 0 N–H and O–H groups in total. The van der Waals surface area contributed by atoms with Crippen molar-refractivity contribution in [1.82, 2.24) is 0 Å². The third-order valence-electron chi connectivity index (χ3n) is 8.82. The van der Waals surface area contributed by atoms with Crippen LogP contribution in [0, 0.1) is 0 Å². The summed E-state index contributed by atoms with van der Waals surface area (Å²) < 4.78 is 39.6. The number of fused-ring (bicyclic) bond motifs is 1. The number of carbonyl (C=O) groups is 1. The summed E-state index contributed by atoms with van der Waals surface area (Å²) in [4.78, 5) is 13.3. The topological polar surface area (TPSA) is 72.5 Å². The summed E-state index contributed by atoms with van der Waals surface area (Å²) in [5.74, 6) is -1.33. The number of rotatable bonds is 12. The lowest BCUT2D eigenvalue weighted by Crippen LogP contribution is -2.55. The van der Waals surface area contributed by atoms with Gasteiger partial charge in [0.15, 0.2) is 25.7 Å². The van der Waals surface area contributed by atoms with Crippen molar-refractivity contribution in [3.63, 3.8) is 0 Å². The zero-order valence-corrected chi connectivity index (χ0v) is 25.1. The van der Waals surface area contributed by atoms with Crippen molar-refractivity contribution in [2.75, 3.05) is 6.61 Å². The van der Waals surface area contributed by atoms with Gasteiger partial charge in [-0.15, -0.1) is 6.58 Å². The van der Waals surface area contributed by atoms with Crippen molar-refractivity contribution in [3.8, 4) is 0 Å². The predicted octanol–water partition coefficient (Wildman–Crippen LogP) is 5.91. The van der Waals surface area contributed by atoms with Crippen LogP contribution < -0.4 is 0 Å². The van der Waals surface area contributed by atoms with E-state index in [4.69, 9.17) is 28.1 Å². The van der Waals surface area contributed by atoms with E-state index in [-0.39, 0.29) is 16.9 Å². The smallest absolute Gasteiger partial charge is 0.192 e. The zero-order chi connectivity index (χ0) is 26.9. The minimum atomic E-state index is -2.25. The molecular formula is C28H50O7Si. The summed E-state index contributed by atoms with van der Waals surface area (Å²) in [7, 11) is -2.25. The normalized spacial score (nSPS) is 32.4. The molecule has 8 heteroatoms. The van der Waals surface area contributed by atoms with E-state index in [9.17, 15) is 4.79 Å². The fourth-order valence-electron chi connectivity index (χ4n) is 5.20. The third kappa shape index (κ3) is 5.70. The molecule has 0 aromatic heterocycles. The Morgan fingerprint density at radius 3 is 2.11 bits per heavy atom. The predicted molar refractivity (Wildman–Crippen MR) is 142 cm³/mol. The van der Waals surface area contributed by atoms with Crippen molar-refractivity contribution in [2.45, 2.75) is 153 Å². The highest BCUT2D eigenvalue weighted by Gasteiger charge is 2.63. The number of Topliss-reactive ketones (excluding diaryl/α,β-unsaturated/α-hetero) is 1. The second kappa shape index (κ2) is 11.2. The second-order valence-electron chi connectivity index (χ2n) is 12.0. The first-order valence-corrected chi connectivity index (χ1v) is 16.9. The third-order valence-corrected chi connectivity index (χ3v) is 13.3. The SMILES string of the molecule is C=CCCC(=O)[C@H]1O[C@@H]([C@@H](O[Si](C)(C)C(C)(C)C)[C@H]2COC(CC)(CC)O2)[C@H]2OC(CC)(CC)O[C@H]21. The lowest BCUT2D eigenvalue weighted by molar-refractivity contribution is -0.227. The maximum Gasteiger partial charge on any atom is 0.192 e. The Morgan fingerprint density at radius 1 is 1.03 bits per heavy atom. The minimum Gasteiger partial charge on any atom is -0.408 e. The molecule has 6 atom stereocenters. The van der Waals surface area contributed by atoms with Gasteiger partial charge in [0.2, 0.25) is 0 Å². The Hall–Kier alpha value is -0.613. The first kappa shape index (κ1) is 29.9. The van der Waals surface area contributed by atoms with Crippen LogP contribution in [0.2, 0.25) is 18.1 Å². The highest BCUT2D eigenvalue weighted by molar-refractivity contribution is 6.74. The molecule has 3 heterocycles. The van der Waals surface area contributed by atoms with E-state index in [1.807, 2.05) is 0 Å². The van der Waals surface area contributed by atoms with E-state index in [0.717, 1.165) is 12.8 Å². The number of ether oxygens (including phenoxy) is 5. The Balaban J connectivity index is 1.99. The van der Waals surface area contributed by atoms with Gasteiger partial charge >= 0.3 is 0 Å². The average Bonchev–Trinajstić information content (AvgIpc) is 3.52. The molecule has 0 bridgehead atoms. The Labute approximate surface area is 219 Å². The minimum absolute atomic E-state index is 0.0157. The molecule has 36 heavy (non-hydrogen) atoms. The quantitative estimate of drug-likeness (QED) is 0.231. The highest BCUT2D eigenvalue weighted by Crippen LogP contribution is 2.47. The Bertz CT molecular complexity index is 768. The molecule has 0 spiro atoms. The molecule has 3 rings (SSSR count). The maximum absolute atomic E-state index is 13.3. The lowest BCUT2D eigenvalue weighted by Gasteiger charge is -2.43. The number of hydrogen-bond acceptors (Lipinski definition) is 7. The second-order valence-corrected chi connectivity index (χ2v) is 16.8. The van der Waals surface area contributed by atoms with Gasteiger partial charge in [0.25, 0.3) is 0 Å². The van der Waals surface area contributed by atoms with Gasteiger partial charge in [0.1, 0.15) is 36.6 Å². The summed E-state index contributed by atoms with van der Waals surface area (Å²) in [6.45, 7) is 23.6. The van der Waals surface area contributed by atoms with Crippen LogP contribution in [-0.4, -0.2) is 68.9 Å². The molecule has 7 nitrogen and oxygen atoms in total. The molecule has 3 saturated heterocycles. The number of carbonyl (C=O) groups excluding carboxylic acids is 1. The van der Waals surface area contributed by atoms with E-state index in [0.29, 0.717) is 32.3 Å². The van der Waals surface area contributed by atoms with Gasteiger partial charge in [-0.2, -0.15) is 0 Å². The molecule has 3 fully saturated rings. The van der Waals surface area contributed by atoms with E-state index in [1.165, 1.54) is 0 Å². The van der Waals surface area contributed by atoms with E-state index >= 15 is 0 Å². The molecule has 0 amide bonds. The number of ketones is 1. The van der Waals surface area contributed by atoms with Crippen molar-refractivity contribution in [1.29, 1.82) is 0 Å². The summed E-state index contributed by atoms with van der Waals surface area (Å²) in [5.41, 5.74) is 0. The Kier molecular flexibility index (Phi) is 9.35. The monoisotopic (exact) mass is 526 g/mol. The van der Waals surface area contributed by atoms with E-state index < -0.39 is 50.4 Å². The number of allylic oxidation sites excluding steroid dienone is 1. The van der Waals surface area contributed by atoms with Crippen LogP contribution in [0.5, 0.6) is 0 Å². The molecule has 0 aliphatic carbocycles. The van der Waals surface area contributed by atoms with Crippen LogP contribution in [0.3, 0.4) is 0 Å². The van der Waals surface area contributed by atoms with Crippen LogP contribution >= 0.6 is 0 Å². The molecule has 0 saturated carbocycles. The van der Waals surface area contributed by atoms with Gasteiger partial charge in [-0.25, -0.2) is 0 Å². The summed E-state index contributed by atoms with van der Waals surface area (Å²) in [6, 6.07) is 0. The molecule has 3 aliphatic heterocycles. The molecular weight excluding hydrogens is 476 g/mol. The summed E-state index contributed by atoms with van der Waals surface area (Å²) in [6.07, 6.45) is 2.78. The molecule has 3 aliphatic rings.